The Bertz CT molecular complexity index is 533. The molecule has 0 saturated heterocycles. The number of aryl methyl sites for hydroxylation is 1. The van der Waals surface area contributed by atoms with Gasteiger partial charge in [-0.1, -0.05) is 29.3 Å². The van der Waals surface area contributed by atoms with Crippen molar-refractivity contribution in [3.8, 4) is 0 Å². The van der Waals surface area contributed by atoms with Crippen molar-refractivity contribution >= 4 is 29.0 Å². The minimum atomic E-state index is 0.157. The fourth-order valence-electron chi connectivity index (χ4n) is 1.68. The molecule has 0 fully saturated rings. The third-order valence-corrected chi connectivity index (χ3v) is 3.35. The van der Waals surface area contributed by atoms with Crippen molar-refractivity contribution < 1.29 is 9.21 Å². The smallest absolute Gasteiger partial charge is 0.137 e. The molecular formula is C14H12Cl2O2. The number of ketones is 1. The van der Waals surface area contributed by atoms with Crippen LogP contribution < -0.4 is 0 Å². The van der Waals surface area contributed by atoms with Gasteiger partial charge in [0.15, 0.2) is 0 Å². The van der Waals surface area contributed by atoms with E-state index in [0.29, 0.717) is 29.3 Å². The quantitative estimate of drug-likeness (QED) is 0.817. The average molecular weight is 283 g/mol. The molecule has 94 valence electrons. The summed E-state index contributed by atoms with van der Waals surface area (Å²) in [6.07, 6.45) is 3.08. The molecular weight excluding hydrogens is 271 g/mol. The first kappa shape index (κ1) is 13.2. The van der Waals surface area contributed by atoms with Crippen LogP contribution in [0.4, 0.5) is 0 Å². The molecule has 1 aromatic carbocycles. The summed E-state index contributed by atoms with van der Waals surface area (Å²) in [5.74, 6) is 0.988. The van der Waals surface area contributed by atoms with Crippen LogP contribution in [0, 0.1) is 0 Å². The third-order valence-electron chi connectivity index (χ3n) is 2.62. The van der Waals surface area contributed by atoms with Gasteiger partial charge < -0.3 is 4.42 Å². The molecule has 1 heterocycles. The molecule has 0 atom stereocenters. The number of benzene rings is 1. The Morgan fingerprint density at radius 1 is 1.17 bits per heavy atom. The first-order chi connectivity index (χ1) is 8.65. The normalized spacial score (nSPS) is 10.6. The largest absolute Gasteiger partial charge is 0.469 e. The zero-order valence-electron chi connectivity index (χ0n) is 9.66. The zero-order chi connectivity index (χ0) is 13.0. The number of carbonyl (C=O) groups is 1. The highest BCUT2D eigenvalue weighted by Gasteiger charge is 2.07. The van der Waals surface area contributed by atoms with E-state index in [1.54, 1.807) is 18.4 Å². The first-order valence-electron chi connectivity index (χ1n) is 5.63. The topological polar surface area (TPSA) is 30.2 Å². The van der Waals surface area contributed by atoms with Crippen LogP contribution >= 0.6 is 23.2 Å². The Morgan fingerprint density at radius 3 is 2.67 bits per heavy atom. The second-order valence-electron chi connectivity index (χ2n) is 4.04. The van der Waals surface area contributed by atoms with Gasteiger partial charge in [0.25, 0.3) is 0 Å². The Hall–Kier alpha value is -1.25. The molecule has 18 heavy (non-hydrogen) atoms. The van der Waals surface area contributed by atoms with Gasteiger partial charge in [0.1, 0.15) is 11.5 Å². The van der Waals surface area contributed by atoms with Crippen LogP contribution in [-0.4, -0.2) is 5.78 Å². The number of halogens is 2. The van der Waals surface area contributed by atoms with Crippen molar-refractivity contribution in [3.63, 3.8) is 0 Å². The Balaban J connectivity index is 1.88. The van der Waals surface area contributed by atoms with Crippen LogP contribution in [0.2, 0.25) is 10.0 Å². The van der Waals surface area contributed by atoms with Gasteiger partial charge >= 0.3 is 0 Å². The van der Waals surface area contributed by atoms with Gasteiger partial charge in [0.2, 0.25) is 0 Å². The zero-order valence-corrected chi connectivity index (χ0v) is 11.2. The van der Waals surface area contributed by atoms with Crippen molar-refractivity contribution in [2.75, 3.05) is 0 Å². The maximum Gasteiger partial charge on any atom is 0.137 e. The van der Waals surface area contributed by atoms with Crippen LogP contribution in [0.5, 0.6) is 0 Å². The highest BCUT2D eigenvalue weighted by Crippen LogP contribution is 2.23. The van der Waals surface area contributed by atoms with E-state index in [9.17, 15) is 4.79 Å². The SMILES string of the molecule is O=C(CCc1ccco1)Cc1ccc(Cl)c(Cl)c1. The van der Waals surface area contributed by atoms with Gasteiger partial charge in [-0.25, -0.2) is 0 Å². The predicted molar refractivity (Wildman–Crippen MR) is 72.2 cm³/mol. The van der Waals surface area contributed by atoms with Gasteiger partial charge in [-0.05, 0) is 29.8 Å². The molecule has 1 aromatic heterocycles. The molecule has 2 rings (SSSR count). The second kappa shape index (κ2) is 6.07. The summed E-state index contributed by atoms with van der Waals surface area (Å²) in [5, 5.41) is 0.983. The minimum Gasteiger partial charge on any atom is -0.469 e. The molecule has 0 amide bonds. The van der Waals surface area contributed by atoms with Gasteiger partial charge in [-0.2, -0.15) is 0 Å². The highest BCUT2D eigenvalue weighted by atomic mass is 35.5. The lowest BCUT2D eigenvalue weighted by Gasteiger charge is -2.02. The number of carbonyl (C=O) groups excluding carboxylic acids is 1. The molecule has 0 bridgehead atoms. The molecule has 0 aliphatic rings. The lowest BCUT2D eigenvalue weighted by Crippen LogP contribution is -2.04. The van der Waals surface area contributed by atoms with E-state index in [1.165, 1.54) is 0 Å². The van der Waals surface area contributed by atoms with E-state index in [4.69, 9.17) is 27.6 Å². The average Bonchev–Trinajstić information content (AvgIpc) is 2.84. The van der Waals surface area contributed by atoms with Crippen molar-refractivity contribution in [1.82, 2.24) is 0 Å². The number of hydrogen-bond acceptors (Lipinski definition) is 2. The Labute approximate surface area is 116 Å². The number of Topliss-reactive ketones (excluding diaryl/α,β-unsaturated/α-hetero) is 1. The molecule has 0 saturated carbocycles. The molecule has 0 aliphatic carbocycles. The summed E-state index contributed by atoms with van der Waals surface area (Å²) in [6, 6.07) is 8.94. The monoisotopic (exact) mass is 282 g/mol. The molecule has 2 nitrogen and oxygen atoms in total. The summed E-state index contributed by atoms with van der Waals surface area (Å²) in [6.45, 7) is 0. The Kier molecular flexibility index (Phi) is 4.45. The Morgan fingerprint density at radius 2 is 2.00 bits per heavy atom. The maximum atomic E-state index is 11.8. The van der Waals surface area contributed by atoms with Crippen molar-refractivity contribution in [2.24, 2.45) is 0 Å². The summed E-state index contributed by atoms with van der Waals surface area (Å²) in [5.41, 5.74) is 0.883. The molecule has 0 spiro atoms. The molecule has 4 heteroatoms. The van der Waals surface area contributed by atoms with Crippen molar-refractivity contribution in [2.45, 2.75) is 19.3 Å². The number of furan rings is 1. The summed E-state index contributed by atoms with van der Waals surface area (Å²) in [4.78, 5) is 11.8. The first-order valence-corrected chi connectivity index (χ1v) is 6.39. The maximum absolute atomic E-state index is 11.8. The van der Waals surface area contributed by atoms with Gasteiger partial charge in [-0.3, -0.25) is 4.79 Å². The predicted octanol–water partition coefficient (Wildman–Crippen LogP) is 4.33. The molecule has 2 aromatic rings. The van der Waals surface area contributed by atoms with Crippen LogP contribution in [0.15, 0.2) is 41.0 Å². The minimum absolute atomic E-state index is 0.157. The van der Waals surface area contributed by atoms with E-state index in [-0.39, 0.29) is 5.78 Å². The second-order valence-corrected chi connectivity index (χ2v) is 4.86. The number of hydrogen-bond donors (Lipinski definition) is 0. The van der Waals surface area contributed by atoms with E-state index in [0.717, 1.165) is 11.3 Å². The van der Waals surface area contributed by atoms with E-state index < -0.39 is 0 Å². The van der Waals surface area contributed by atoms with Crippen molar-refractivity contribution in [1.29, 1.82) is 0 Å². The van der Waals surface area contributed by atoms with E-state index in [1.807, 2.05) is 18.2 Å². The van der Waals surface area contributed by atoms with Gasteiger partial charge in [0, 0.05) is 19.3 Å². The highest BCUT2D eigenvalue weighted by molar-refractivity contribution is 6.42. The molecule has 0 unspecified atom stereocenters. The van der Waals surface area contributed by atoms with Crippen LogP contribution in [-0.2, 0) is 17.6 Å². The van der Waals surface area contributed by atoms with Gasteiger partial charge in [0.05, 0.1) is 16.3 Å². The van der Waals surface area contributed by atoms with E-state index >= 15 is 0 Å². The summed E-state index contributed by atoms with van der Waals surface area (Å²) in [7, 11) is 0. The molecule has 0 aliphatic heterocycles. The fourth-order valence-corrected chi connectivity index (χ4v) is 2.00. The van der Waals surface area contributed by atoms with Gasteiger partial charge in [-0.15, -0.1) is 0 Å². The van der Waals surface area contributed by atoms with E-state index in [2.05, 4.69) is 0 Å². The van der Waals surface area contributed by atoms with Crippen LogP contribution in [0.3, 0.4) is 0 Å². The standard InChI is InChI=1S/C14H12Cl2O2/c15-13-6-3-10(9-14(13)16)8-11(17)4-5-12-2-1-7-18-12/h1-3,6-7,9H,4-5,8H2. The molecule has 0 radical (unpaired) electrons. The summed E-state index contributed by atoms with van der Waals surface area (Å²) >= 11 is 11.7. The molecule has 0 N–H and O–H groups in total. The van der Waals surface area contributed by atoms with Crippen molar-refractivity contribution in [3.05, 3.63) is 58.0 Å². The van der Waals surface area contributed by atoms with Crippen LogP contribution in [0.1, 0.15) is 17.7 Å². The lowest BCUT2D eigenvalue weighted by atomic mass is 10.1. The third kappa shape index (κ3) is 3.62. The summed E-state index contributed by atoms with van der Waals surface area (Å²) < 4.78 is 5.18. The fraction of sp³-hybridized carbons (Fsp3) is 0.214. The van der Waals surface area contributed by atoms with Crippen LogP contribution in [0.25, 0.3) is 0 Å². The number of rotatable bonds is 5. The lowest BCUT2D eigenvalue weighted by molar-refractivity contribution is -0.118.